The molecule has 25 heavy (non-hydrogen) atoms. The first kappa shape index (κ1) is 18.4. The Morgan fingerprint density at radius 3 is 1.64 bits per heavy atom. The molecule has 0 amide bonds. The van der Waals surface area contributed by atoms with E-state index in [2.05, 4.69) is 13.2 Å². The summed E-state index contributed by atoms with van der Waals surface area (Å²) in [5.41, 5.74) is -0.360. The summed E-state index contributed by atoms with van der Waals surface area (Å²) in [4.78, 5) is 37.8. The van der Waals surface area contributed by atoms with Gasteiger partial charge in [-0.15, -0.1) is 0 Å². The van der Waals surface area contributed by atoms with Gasteiger partial charge in [-0.3, -0.25) is 0 Å². The molecule has 2 rings (SSSR count). The molecule has 1 aromatic heterocycles. The van der Waals surface area contributed by atoms with Gasteiger partial charge in [0.15, 0.2) is 0 Å². The van der Waals surface area contributed by atoms with Crippen LogP contribution in [0.5, 0.6) is 0 Å². The lowest BCUT2D eigenvalue weighted by Gasteiger charge is -2.14. The number of allylic oxidation sites excluding steroid dienone is 2. The Hall–Kier alpha value is -2.96. The largest absolute Gasteiger partial charge is 0.336 e. The number of nitrogens with zero attached hydrogens (tertiary/aromatic N) is 3. The molecule has 6 nitrogen and oxygen atoms in total. The van der Waals surface area contributed by atoms with Gasteiger partial charge in [0.2, 0.25) is 0 Å². The molecule has 0 saturated carbocycles. The van der Waals surface area contributed by atoms with Crippen LogP contribution in [0.4, 0.5) is 4.39 Å². The summed E-state index contributed by atoms with van der Waals surface area (Å²) in [5, 5.41) is 0. The van der Waals surface area contributed by atoms with Gasteiger partial charge in [0, 0.05) is 0 Å². The first-order chi connectivity index (χ1) is 11.7. The fraction of sp³-hybridized carbons (Fsp3) is 0.278. The molecule has 0 saturated heterocycles. The Morgan fingerprint density at radius 2 is 1.24 bits per heavy atom. The van der Waals surface area contributed by atoms with Gasteiger partial charge in [-0.1, -0.05) is 36.4 Å². The monoisotopic (exact) mass is 345 g/mol. The lowest BCUT2D eigenvalue weighted by Crippen LogP contribution is -2.54. The quantitative estimate of drug-likeness (QED) is 0.746. The van der Waals surface area contributed by atoms with Crippen LogP contribution in [0.2, 0.25) is 0 Å². The second-order valence-electron chi connectivity index (χ2n) is 6.15. The van der Waals surface area contributed by atoms with E-state index in [0.29, 0.717) is 16.7 Å². The predicted octanol–water partition coefficient (Wildman–Crippen LogP) is 1.51. The van der Waals surface area contributed by atoms with Crippen LogP contribution in [0, 0.1) is 5.82 Å². The summed E-state index contributed by atoms with van der Waals surface area (Å²) in [7, 11) is 0. The molecule has 1 aromatic carbocycles. The van der Waals surface area contributed by atoms with Gasteiger partial charge >= 0.3 is 17.1 Å². The maximum atomic E-state index is 13.1. The van der Waals surface area contributed by atoms with Crippen LogP contribution in [0.3, 0.4) is 0 Å². The molecular formula is C18H20FN3O3. The number of aromatic nitrogens is 3. The van der Waals surface area contributed by atoms with Gasteiger partial charge in [-0.05, 0) is 31.5 Å². The van der Waals surface area contributed by atoms with E-state index < -0.39 is 22.9 Å². The second-order valence-corrected chi connectivity index (χ2v) is 6.15. The first-order valence-electron chi connectivity index (χ1n) is 7.68. The normalized spacial score (nSPS) is 10.7. The molecule has 132 valence electrons. The minimum absolute atomic E-state index is 0.0115. The van der Waals surface area contributed by atoms with Crippen molar-refractivity contribution in [3.8, 4) is 0 Å². The van der Waals surface area contributed by atoms with E-state index in [-0.39, 0.29) is 19.6 Å². The molecule has 0 bridgehead atoms. The highest BCUT2D eigenvalue weighted by Gasteiger charge is 2.16. The molecule has 0 fully saturated rings. The molecule has 0 aliphatic carbocycles. The highest BCUT2D eigenvalue weighted by molar-refractivity contribution is 5.16. The second kappa shape index (κ2) is 7.29. The SMILES string of the molecule is C=C(C)Cn1c(=O)n(CC(=C)C)c(=O)n(Cc2ccc(F)cc2)c1=O. The minimum Gasteiger partial charge on any atom is -0.247 e. The summed E-state index contributed by atoms with van der Waals surface area (Å²) < 4.78 is 15.9. The van der Waals surface area contributed by atoms with E-state index in [9.17, 15) is 18.8 Å². The fourth-order valence-electron chi connectivity index (χ4n) is 2.40. The lowest BCUT2D eigenvalue weighted by molar-refractivity contribution is 0.488. The standard InChI is InChI=1S/C18H20FN3O3/c1-12(2)9-20-16(23)21(10-13(3)4)18(25)22(17(20)24)11-14-5-7-15(19)8-6-14/h5-8H,1,3,9-11H2,2,4H3. The van der Waals surface area contributed by atoms with Crippen molar-refractivity contribution in [1.82, 2.24) is 13.7 Å². The molecular weight excluding hydrogens is 325 g/mol. The van der Waals surface area contributed by atoms with Crippen molar-refractivity contribution in [1.29, 1.82) is 0 Å². The van der Waals surface area contributed by atoms with E-state index in [1.165, 1.54) is 24.3 Å². The molecule has 1 heterocycles. The Labute approximate surface area is 143 Å². The third-order valence-corrected chi connectivity index (χ3v) is 3.50. The summed E-state index contributed by atoms with van der Waals surface area (Å²) in [6.45, 7) is 10.8. The van der Waals surface area contributed by atoms with Crippen molar-refractivity contribution in [2.24, 2.45) is 0 Å². The number of hydrogen-bond donors (Lipinski definition) is 0. The number of rotatable bonds is 6. The van der Waals surface area contributed by atoms with Gasteiger partial charge < -0.3 is 0 Å². The Bertz CT molecular complexity index is 940. The average molecular weight is 345 g/mol. The average Bonchev–Trinajstić information content (AvgIpc) is 2.54. The minimum atomic E-state index is -0.722. The van der Waals surface area contributed by atoms with E-state index in [1.807, 2.05) is 0 Å². The highest BCUT2D eigenvalue weighted by atomic mass is 19.1. The Kier molecular flexibility index (Phi) is 5.36. The van der Waals surface area contributed by atoms with Crippen molar-refractivity contribution in [3.05, 3.63) is 91.4 Å². The van der Waals surface area contributed by atoms with Crippen LogP contribution in [-0.2, 0) is 19.6 Å². The van der Waals surface area contributed by atoms with Crippen LogP contribution in [0.15, 0.2) is 63.0 Å². The molecule has 2 aromatic rings. The van der Waals surface area contributed by atoms with E-state index >= 15 is 0 Å². The fourth-order valence-corrected chi connectivity index (χ4v) is 2.40. The summed E-state index contributed by atoms with van der Waals surface area (Å²) >= 11 is 0. The van der Waals surface area contributed by atoms with Crippen molar-refractivity contribution in [2.75, 3.05) is 0 Å². The molecule has 7 heteroatoms. The van der Waals surface area contributed by atoms with Crippen LogP contribution in [0.25, 0.3) is 0 Å². The van der Waals surface area contributed by atoms with E-state index in [1.54, 1.807) is 13.8 Å². The maximum absolute atomic E-state index is 13.1. The van der Waals surface area contributed by atoms with Crippen molar-refractivity contribution < 1.29 is 4.39 Å². The zero-order chi connectivity index (χ0) is 18.7. The van der Waals surface area contributed by atoms with E-state index in [0.717, 1.165) is 13.7 Å². The molecule has 0 spiro atoms. The Balaban J connectivity index is 2.68. The van der Waals surface area contributed by atoms with Crippen LogP contribution in [-0.4, -0.2) is 13.7 Å². The molecule has 0 radical (unpaired) electrons. The molecule has 0 atom stereocenters. The van der Waals surface area contributed by atoms with Gasteiger partial charge in [0.1, 0.15) is 5.82 Å². The number of hydrogen-bond acceptors (Lipinski definition) is 3. The van der Waals surface area contributed by atoms with Crippen LogP contribution in [0.1, 0.15) is 19.4 Å². The third kappa shape index (κ3) is 4.12. The zero-order valence-corrected chi connectivity index (χ0v) is 14.3. The third-order valence-electron chi connectivity index (χ3n) is 3.50. The summed E-state index contributed by atoms with van der Waals surface area (Å²) in [5.74, 6) is -0.414. The van der Waals surface area contributed by atoms with E-state index in [4.69, 9.17) is 0 Å². The predicted molar refractivity (Wildman–Crippen MR) is 94.4 cm³/mol. The Morgan fingerprint density at radius 1 is 0.840 bits per heavy atom. The smallest absolute Gasteiger partial charge is 0.247 e. The first-order valence-corrected chi connectivity index (χ1v) is 7.68. The van der Waals surface area contributed by atoms with Gasteiger partial charge in [-0.25, -0.2) is 32.5 Å². The highest BCUT2D eigenvalue weighted by Crippen LogP contribution is 2.03. The summed E-state index contributed by atoms with van der Waals surface area (Å²) in [6.07, 6.45) is 0. The van der Waals surface area contributed by atoms with Crippen molar-refractivity contribution in [3.63, 3.8) is 0 Å². The van der Waals surface area contributed by atoms with Crippen LogP contribution >= 0.6 is 0 Å². The molecule has 0 aliphatic rings. The van der Waals surface area contributed by atoms with Gasteiger partial charge in [0.05, 0.1) is 19.6 Å². The molecule has 0 N–H and O–H groups in total. The zero-order valence-electron chi connectivity index (χ0n) is 14.3. The van der Waals surface area contributed by atoms with Gasteiger partial charge in [-0.2, -0.15) is 0 Å². The number of benzene rings is 1. The topological polar surface area (TPSA) is 66.0 Å². The van der Waals surface area contributed by atoms with Crippen LogP contribution < -0.4 is 17.1 Å². The summed E-state index contributed by atoms with van der Waals surface area (Å²) in [6, 6.07) is 5.46. The lowest BCUT2D eigenvalue weighted by atomic mass is 10.2. The molecule has 0 unspecified atom stereocenters. The van der Waals surface area contributed by atoms with Crippen molar-refractivity contribution in [2.45, 2.75) is 33.5 Å². The maximum Gasteiger partial charge on any atom is 0.336 e. The molecule has 0 aliphatic heterocycles. The van der Waals surface area contributed by atoms with Gasteiger partial charge in [0.25, 0.3) is 0 Å². The number of halogens is 1. The van der Waals surface area contributed by atoms with Crippen molar-refractivity contribution >= 4 is 0 Å².